The van der Waals surface area contributed by atoms with E-state index < -0.39 is 0 Å². The quantitative estimate of drug-likeness (QED) is 0.841. The monoisotopic (exact) mass is 300 g/mol. The fourth-order valence-electron chi connectivity index (χ4n) is 2.76. The lowest BCUT2D eigenvalue weighted by molar-refractivity contribution is -0.121. The summed E-state index contributed by atoms with van der Waals surface area (Å²) < 4.78 is 0. The van der Waals surface area contributed by atoms with Crippen LogP contribution < -0.4 is 5.32 Å². The van der Waals surface area contributed by atoms with E-state index in [1.165, 1.54) is 5.56 Å². The molecule has 1 aromatic carbocycles. The fraction of sp³-hybridized carbons (Fsp3) is 0.467. The van der Waals surface area contributed by atoms with E-state index in [0.717, 1.165) is 32.5 Å². The highest BCUT2D eigenvalue weighted by atomic mass is 16.1. The molecule has 2 heterocycles. The molecule has 0 radical (unpaired) electrons. The zero-order valence-electron chi connectivity index (χ0n) is 12.4. The van der Waals surface area contributed by atoms with Crippen LogP contribution in [0.4, 0.5) is 0 Å². The van der Waals surface area contributed by atoms with Crippen LogP contribution in [0.2, 0.25) is 0 Å². The van der Waals surface area contributed by atoms with Crippen LogP contribution in [0.25, 0.3) is 0 Å². The highest BCUT2D eigenvalue weighted by molar-refractivity contribution is 5.77. The lowest BCUT2D eigenvalue weighted by atomic mass is 10.0. The van der Waals surface area contributed by atoms with Crippen molar-refractivity contribution in [3.8, 4) is 0 Å². The molecular weight excluding hydrogens is 280 g/mol. The van der Waals surface area contributed by atoms with Crippen LogP contribution in [0, 0.1) is 0 Å². The van der Waals surface area contributed by atoms with Gasteiger partial charge in [0.25, 0.3) is 0 Å². The first-order valence-corrected chi connectivity index (χ1v) is 7.57. The molecule has 7 heteroatoms. The lowest BCUT2D eigenvalue weighted by Gasteiger charge is -2.32. The van der Waals surface area contributed by atoms with Gasteiger partial charge < -0.3 is 5.32 Å². The predicted molar refractivity (Wildman–Crippen MR) is 80.8 cm³/mol. The molecule has 1 amide bonds. The van der Waals surface area contributed by atoms with E-state index in [0.29, 0.717) is 5.82 Å². The summed E-state index contributed by atoms with van der Waals surface area (Å²) in [5.74, 6) is 0.391. The van der Waals surface area contributed by atoms with Gasteiger partial charge in [0.1, 0.15) is 0 Å². The Balaban J connectivity index is 1.41. The van der Waals surface area contributed by atoms with Crippen molar-refractivity contribution in [2.75, 3.05) is 13.1 Å². The van der Waals surface area contributed by atoms with Crippen molar-refractivity contribution in [3.05, 3.63) is 41.7 Å². The summed E-state index contributed by atoms with van der Waals surface area (Å²) in [7, 11) is 0. The molecule has 1 fully saturated rings. The van der Waals surface area contributed by atoms with Crippen molar-refractivity contribution < 1.29 is 4.79 Å². The van der Waals surface area contributed by atoms with E-state index in [9.17, 15) is 4.79 Å². The average molecular weight is 300 g/mol. The van der Waals surface area contributed by atoms with Gasteiger partial charge in [-0.1, -0.05) is 35.5 Å². The smallest absolute Gasteiger partial charge is 0.228 e. The van der Waals surface area contributed by atoms with Crippen LogP contribution >= 0.6 is 0 Å². The van der Waals surface area contributed by atoms with E-state index in [-0.39, 0.29) is 18.4 Å². The molecule has 1 aliphatic heterocycles. The second-order valence-corrected chi connectivity index (χ2v) is 5.61. The molecule has 0 unspecified atom stereocenters. The summed E-state index contributed by atoms with van der Waals surface area (Å²) in [6, 6.07) is 10.7. The van der Waals surface area contributed by atoms with Crippen LogP contribution in [-0.2, 0) is 17.8 Å². The third kappa shape index (κ3) is 4.11. The van der Waals surface area contributed by atoms with E-state index >= 15 is 0 Å². The minimum Gasteiger partial charge on any atom is -0.353 e. The SMILES string of the molecule is O=C(Cc1nn[nH]n1)NC1CCN(Cc2ccccc2)CC1. The van der Waals surface area contributed by atoms with E-state index in [2.05, 4.69) is 55.1 Å². The number of tetrazole rings is 1. The van der Waals surface area contributed by atoms with Crippen molar-refractivity contribution in [1.29, 1.82) is 0 Å². The molecule has 1 aliphatic rings. The maximum Gasteiger partial charge on any atom is 0.228 e. The number of aromatic amines is 1. The molecule has 22 heavy (non-hydrogen) atoms. The Kier molecular flexibility index (Phi) is 4.75. The van der Waals surface area contributed by atoms with Gasteiger partial charge in [-0.05, 0) is 18.4 Å². The van der Waals surface area contributed by atoms with Crippen LogP contribution in [0.15, 0.2) is 30.3 Å². The number of piperidine rings is 1. The normalized spacial score (nSPS) is 16.5. The summed E-state index contributed by atoms with van der Waals surface area (Å²) >= 11 is 0. The predicted octanol–water partition coefficient (Wildman–Crippen LogP) is 0.523. The molecule has 2 aromatic rings. The Labute approximate surface area is 129 Å². The number of hydrogen-bond acceptors (Lipinski definition) is 5. The Morgan fingerprint density at radius 3 is 2.73 bits per heavy atom. The molecule has 1 saturated heterocycles. The molecule has 0 saturated carbocycles. The number of benzene rings is 1. The van der Waals surface area contributed by atoms with Gasteiger partial charge in [-0.15, -0.1) is 10.2 Å². The van der Waals surface area contributed by atoms with Gasteiger partial charge in [-0.3, -0.25) is 9.69 Å². The summed E-state index contributed by atoms with van der Waals surface area (Å²) in [5.41, 5.74) is 1.34. The van der Waals surface area contributed by atoms with Gasteiger partial charge >= 0.3 is 0 Å². The van der Waals surface area contributed by atoms with E-state index in [4.69, 9.17) is 0 Å². The molecule has 1 aromatic heterocycles. The van der Waals surface area contributed by atoms with Gasteiger partial charge in [-0.2, -0.15) is 5.21 Å². The molecule has 116 valence electrons. The number of nitrogens with zero attached hydrogens (tertiary/aromatic N) is 4. The number of amides is 1. The largest absolute Gasteiger partial charge is 0.353 e. The molecule has 0 bridgehead atoms. The van der Waals surface area contributed by atoms with Crippen molar-refractivity contribution in [3.63, 3.8) is 0 Å². The fourth-order valence-corrected chi connectivity index (χ4v) is 2.76. The number of H-pyrrole nitrogens is 1. The van der Waals surface area contributed by atoms with E-state index in [1.54, 1.807) is 0 Å². The highest BCUT2D eigenvalue weighted by Gasteiger charge is 2.21. The second kappa shape index (κ2) is 7.13. The molecular formula is C15H20N6O. The minimum absolute atomic E-state index is 0.0390. The van der Waals surface area contributed by atoms with Gasteiger partial charge in [0.05, 0.1) is 6.42 Å². The number of nitrogens with one attached hydrogen (secondary N) is 2. The topological polar surface area (TPSA) is 86.8 Å². The Hall–Kier alpha value is -2.28. The number of rotatable bonds is 5. The maximum absolute atomic E-state index is 11.9. The van der Waals surface area contributed by atoms with Crippen LogP contribution in [0.5, 0.6) is 0 Å². The highest BCUT2D eigenvalue weighted by Crippen LogP contribution is 2.13. The third-order valence-electron chi connectivity index (χ3n) is 3.91. The zero-order valence-corrected chi connectivity index (χ0v) is 12.4. The first-order valence-electron chi connectivity index (χ1n) is 7.57. The molecule has 0 spiro atoms. The average Bonchev–Trinajstić information content (AvgIpc) is 3.03. The van der Waals surface area contributed by atoms with Crippen LogP contribution in [-0.4, -0.2) is 50.6 Å². The van der Waals surface area contributed by atoms with Crippen molar-refractivity contribution in [2.24, 2.45) is 0 Å². The van der Waals surface area contributed by atoms with Gasteiger partial charge in [0.15, 0.2) is 5.82 Å². The summed E-state index contributed by atoms with van der Waals surface area (Å²) in [6.45, 7) is 2.98. The molecule has 3 rings (SSSR count). The molecule has 7 nitrogen and oxygen atoms in total. The zero-order chi connectivity index (χ0) is 15.2. The van der Waals surface area contributed by atoms with Crippen molar-refractivity contribution >= 4 is 5.91 Å². The van der Waals surface area contributed by atoms with Crippen LogP contribution in [0.3, 0.4) is 0 Å². The second-order valence-electron chi connectivity index (χ2n) is 5.61. The van der Waals surface area contributed by atoms with Gasteiger partial charge in [0, 0.05) is 25.7 Å². The summed E-state index contributed by atoms with van der Waals surface area (Å²) in [5, 5.41) is 16.4. The Morgan fingerprint density at radius 1 is 1.27 bits per heavy atom. The Morgan fingerprint density at radius 2 is 2.05 bits per heavy atom. The molecule has 2 N–H and O–H groups in total. The van der Waals surface area contributed by atoms with Gasteiger partial charge in [-0.25, -0.2) is 0 Å². The van der Waals surface area contributed by atoms with Crippen molar-refractivity contribution in [2.45, 2.75) is 31.8 Å². The number of hydrogen-bond donors (Lipinski definition) is 2. The number of carbonyl (C=O) groups is 1. The van der Waals surface area contributed by atoms with Gasteiger partial charge in [0.2, 0.25) is 5.91 Å². The first-order chi connectivity index (χ1) is 10.8. The third-order valence-corrected chi connectivity index (χ3v) is 3.91. The number of aromatic nitrogens is 4. The van der Waals surface area contributed by atoms with Crippen molar-refractivity contribution in [1.82, 2.24) is 30.8 Å². The number of likely N-dealkylation sites (tertiary alicyclic amines) is 1. The first kappa shape index (κ1) is 14.6. The molecule has 0 atom stereocenters. The summed E-state index contributed by atoms with van der Waals surface area (Å²) in [4.78, 5) is 14.3. The van der Waals surface area contributed by atoms with E-state index in [1.807, 2.05) is 6.07 Å². The summed E-state index contributed by atoms with van der Waals surface area (Å²) in [6.07, 6.45) is 2.14. The standard InChI is InChI=1S/C15H20N6O/c22-15(10-14-17-19-20-18-14)16-13-6-8-21(9-7-13)11-12-4-2-1-3-5-12/h1-5,13H,6-11H2,(H,16,22)(H,17,18,19,20). The maximum atomic E-state index is 11.9. The molecule has 0 aliphatic carbocycles. The Bertz CT molecular complexity index is 577. The lowest BCUT2D eigenvalue weighted by Crippen LogP contribution is -2.44. The minimum atomic E-state index is -0.0390. The number of carbonyl (C=O) groups excluding carboxylic acids is 1. The van der Waals surface area contributed by atoms with Crippen LogP contribution in [0.1, 0.15) is 24.2 Å².